The molecule has 0 spiro atoms. The van der Waals surface area contributed by atoms with E-state index in [0.717, 1.165) is 10.4 Å². The number of hydrogen-bond donors (Lipinski definition) is 1. The van der Waals surface area contributed by atoms with Crippen molar-refractivity contribution in [1.82, 2.24) is 14.8 Å². The van der Waals surface area contributed by atoms with E-state index in [-0.39, 0.29) is 5.82 Å². The van der Waals surface area contributed by atoms with Crippen molar-refractivity contribution in [2.75, 3.05) is 5.73 Å². The lowest BCUT2D eigenvalue weighted by Gasteiger charge is -2.19. The highest BCUT2D eigenvalue weighted by atomic mass is 16.6. The second-order valence-electron chi connectivity index (χ2n) is 5.45. The van der Waals surface area contributed by atoms with E-state index >= 15 is 0 Å². The van der Waals surface area contributed by atoms with Crippen molar-refractivity contribution in [3.05, 3.63) is 41.9 Å². The minimum absolute atomic E-state index is 0.255. The van der Waals surface area contributed by atoms with Gasteiger partial charge in [0.2, 0.25) is 0 Å². The smallest absolute Gasteiger partial charge is 0.437 e. The Morgan fingerprint density at radius 3 is 2.70 bits per heavy atom. The van der Waals surface area contributed by atoms with Crippen molar-refractivity contribution in [2.24, 2.45) is 0 Å². The Bertz CT molecular complexity index is 599. The number of rotatable bonds is 2. The quantitative estimate of drug-likeness (QED) is 0.908. The average Bonchev–Trinajstić information content (AvgIpc) is 2.69. The number of nitrogens with two attached hydrogens (primary N) is 1. The fourth-order valence-electron chi connectivity index (χ4n) is 1.67. The third kappa shape index (κ3) is 3.57. The van der Waals surface area contributed by atoms with Gasteiger partial charge >= 0.3 is 6.09 Å². The van der Waals surface area contributed by atoms with Gasteiger partial charge in [-0.25, -0.2) is 4.79 Å². The third-order valence-electron chi connectivity index (χ3n) is 2.44. The Hall–Kier alpha value is -2.37. The molecule has 0 saturated heterocycles. The molecule has 20 heavy (non-hydrogen) atoms. The fourth-order valence-corrected chi connectivity index (χ4v) is 1.67. The highest BCUT2D eigenvalue weighted by Gasteiger charge is 2.20. The zero-order valence-corrected chi connectivity index (χ0v) is 11.8. The van der Waals surface area contributed by atoms with Crippen molar-refractivity contribution in [3.63, 3.8) is 0 Å². The number of pyridine rings is 1. The molecule has 0 atom stereocenters. The highest BCUT2D eigenvalue weighted by molar-refractivity contribution is 5.73. The van der Waals surface area contributed by atoms with Crippen LogP contribution in [0.1, 0.15) is 32.2 Å². The molecular weight excluding hydrogens is 256 g/mol. The van der Waals surface area contributed by atoms with Crippen LogP contribution >= 0.6 is 0 Å². The van der Waals surface area contributed by atoms with Crippen LogP contribution in [0.5, 0.6) is 0 Å². The second-order valence-corrected chi connectivity index (χ2v) is 5.45. The van der Waals surface area contributed by atoms with Crippen LogP contribution in [0.3, 0.4) is 0 Å². The Morgan fingerprint density at radius 1 is 1.35 bits per heavy atom. The van der Waals surface area contributed by atoms with Crippen LogP contribution in [0, 0.1) is 0 Å². The van der Waals surface area contributed by atoms with Gasteiger partial charge in [0.25, 0.3) is 0 Å². The zero-order valence-electron chi connectivity index (χ0n) is 11.8. The van der Waals surface area contributed by atoms with Gasteiger partial charge < -0.3 is 10.5 Å². The molecule has 6 nitrogen and oxygen atoms in total. The first-order chi connectivity index (χ1) is 9.35. The van der Waals surface area contributed by atoms with Crippen molar-refractivity contribution >= 4 is 11.9 Å². The molecule has 0 unspecified atom stereocenters. The summed E-state index contributed by atoms with van der Waals surface area (Å²) in [4.78, 5) is 16.1. The number of anilines is 1. The van der Waals surface area contributed by atoms with E-state index in [1.165, 1.54) is 0 Å². The van der Waals surface area contributed by atoms with Gasteiger partial charge in [-0.3, -0.25) is 4.98 Å². The number of nitrogens with zero attached hydrogens (tertiary/aromatic N) is 3. The molecule has 2 aromatic heterocycles. The molecule has 0 aliphatic carbocycles. The Morgan fingerprint density at radius 2 is 2.10 bits per heavy atom. The summed E-state index contributed by atoms with van der Waals surface area (Å²) in [5.41, 5.74) is 6.74. The van der Waals surface area contributed by atoms with Gasteiger partial charge in [0.15, 0.2) is 0 Å². The lowest BCUT2D eigenvalue weighted by atomic mass is 10.2. The topological polar surface area (TPSA) is 83.0 Å². The predicted octanol–water partition coefficient (Wildman–Crippen LogP) is 2.23. The first kappa shape index (κ1) is 14.0. The highest BCUT2D eigenvalue weighted by Crippen LogP contribution is 2.14. The SMILES string of the molecule is CC(C)(C)OC(=O)n1nc(Cc2ccccn2)cc1N. The first-order valence-corrected chi connectivity index (χ1v) is 6.33. The summed E-state index contributed by atoms with van der Waals surface area (Å²) in [6.07, 6.45) is 1.65. The lowest BCUT2D eigenvalue weighted by molar-refractivity contribution is 0.0518. The van der Waals surface area contributed by atoms with E-state index in [4.69, 9.17) is 10.5 Å². The predicted molar refractivity (Wildman–Crippen MR) is 75.3 cm³/mol. The summed E-state index contributed by atoms with van der Waals surface area (Å²) in [5, 5.41) is 4.17. The van der Waals surface area contributed by atoms with Crippen LogP contribution in [0.2, 0.25) is 0 Å². The molecule has 0 saturated carbocycles. The van der Waals surface area contributed by atoms with Crippen molar-refractivity contribution in [2.45, 2.75) is 32.8 Å². The average molecular weight is 274 g/mol. The fraction of sp³-hybridized carbons (Fsp3) is 0.357. The maximum absolute atomic E-state index is 11.9. The molecular formula is C14H18N4O2. The van der Waals surface area contributed by atoms with Crippen LogP contribution in [0.15, 0.2) is 30.5 Å². The summed E-state index contributed by atoms with van der Waals surface area (Å²) in [7, 11) is 0. The molecule has 2 N–H and O–H groups in total. The number of carbonyl (C=O) groups excluding carboxylic acids is 1. The van der Waals surface area contributed by atoms with Crippen LogP contribution < -0.4 is 5.73 Å². The number of nitrogen functional groups attached to an aromatic ring is 1. The van der Waals surface area contributed by atoms with E-state index in [1.807, 2.05) is 18.2 Å². The van der Waals surface area contributed by atoms with Gasteiger partial charge in [0.1, 0.15) is 11.4 Å². The van der Waals surface area contributed by atoms with Crippen LogP contribution in [0.25, 0.3) is 0 Å². The number of carbonyl (C=O) groups is 1. The summed E-state index contributed by atoms with van der Waals surface area (Å²) in [6.45, 7) is 5.37. The van der Waals surface area contributed by atoms with E-state index < -0.39 is 11.7 Å². The summed E-state index contributed by atoms with van der Waals surface area (Å²) in [6, 6.07) is 7.29. The van der Waals surface area contributed by atoms with Gasteiger partial charge in [0, 0.05) is 24.4 Å². The minimum Gasteiger partial charge on any atom is -0.442 e. The lowest BCUT2D eigenvalue weighted by Crippen LogP contribution is -2.28. The zero-order chi connectivity index (χ0) is 14.8. The molecule has 0 amide bonds. The van der Waals surface area contributed by atoms with Gasteiger partial charge in [-0.15, -0.1) is 4.68 Å². The maximum Gasteiger partial charge on any atom is 0.437 e. The molecule has 0 aliphatic rings. The summed E-state index contributed by atoms with van der Waals surface area (Å²) in [5.74, 6) is 0.255. The molecule has 2 aromatic rings. The standard InChI is InChI=1S/C14H18N4O2/c1-14(2,3)20-13(19)18-12(15)9-11(17-18)8-10-6-4-5-7-16-10/h4-7,9H,8,15H2,1-3H3. The Labute approximate surface area is 117 Å². The number of ether oxygens (including phenoxy) is 1. The van der Waals surface area contributed by atoms with E-state index in [1.54, 1.807) is 33.0 Å². The normalized spacial score (nSPS) is 11.3. The Balaban J connectivity index is 2.15. The van der Waals surface area contributed by atoms with Crippen molar-refractivity contribution in [3.8, 4) is 0 Å². The van der Waals surface area contributed by atoms with Crippen LogP contribution in [0.4, 0.5) is 10.6 Å². The monoisotopic (exact) mass is 274 g/mol. The van der Waals surface area contributed by atoms with E-state index in [2.05, 4.69) is 10.1 Å². The van der Waals surface area contributed by atoms with Crippen molar-refractivity contribution in [1.29, 1.82) is 0 Å². The molecule has 6 heteroatoms. The molecule has 0 aromatic carbocycles. The molecule has 0 radical (unpaired) electrons. The second kappa shape index (κ2) is 5.32. The van der Waals surface area contributed by atoms with Crippen LogP contribution in [-0.2, 0) is 11.2 Å². The van der Waals surface area contributed by atoms with Gasteiger partial charge in [0.05, 0.1) is 5.69 Å². The molecule has 106 valence electrons. The first-order valence-electron chi connectivity index (χ1n) is 6.33. The molecule has 0 aliphatic heterocycles. The van der Waals surface area contributed by atoms with Crippen molar-refractivity contribution < 1.29 is 9.53 Å². The van der Waals surface area contributed by atoms with Crippen LogP contribution in [-0.4, -0.2) is 26.5 Å². The minimum atomic E-state index is -0.587. The van der Waals surface area contributed by atoms with E-state index in [9.17, 15) is 4.79 Å². The number of aromatic nitrogens is 3. The van der Waals surface area contributed by atoms with Gasteiger partial charge in [-0.05, 0) is 32.9 Å². The van der Waals surface area contributed by atoms with Gasteiger partial charge in [-0.2, -0.15) is 5.10 Å². The largest absolute Gasteiger partial charge is 0.442 e. The maximum atomic E-state index is 11.9. The number of hydrogen-bond acceptors (Lipinski definition) is 5. The molecule has 2 heterocycles. The molecule has 2 rings (SSSR count). The Kier molecular flexibility index (Phi) is 3.74. The van der Waals surface area contributed by atoms with Gasteiger partial charge in [-0.1, -0.05) is 6.07 Å². The molecule has 0 fully saturated rings. The third-order valence-corrected chi connectivity index (χ3v) is 2.44. The molecule has 0 bridgehead atoms. The summed E-state index contributed by atoms with van der Waals surface area (Å²) < 4.78 is 6.31. The summed E-state index contributed by atoms with van der Waals surface area (Å²) >= 11 is 0. The van der Waals surface area contributed by atoms with E-state index in [0.29, 0.717) is 12.1 Å².